The molecule has 1 saturated heterocycles. The fourth-order valence-electron chi connectivity index (χ4n) is 1.95. The summed E-state index contributed by atoms with van der Waals surface area (Å²) in [5, 5.41) is 3.69. The van der Waals surface area contributed by atoms with E-state index in [0.29, 0.717) is 18.9 Å². The van der Waals surface area contributed by atoms with Crippen LogP contribution in [0.3, 0.4) is 0 Å². The molecule has 1 aliphatic heterocycles. The molecule has 1 unspecified atom stereocenters. The Balaban J connectivity index is 2.14. The number of esters is 1. The second-order valence-corrected chi connectivity index (χ2v) is 4.22. The summed E-state index contributed by atoms with van der Waals surface area (Å²) < 4.78 is 19.7. The lowest BCUT2D eigenvalue weighted by atomic mass is 10.2. The van der Waals surface area contributed by atoms with E-state index in [1.807, 2.05) is 0 Å². The molecule has 1 fully saturated rings. The molecule has 1 atom stereocenters. The predicted molar refractivity (Wildman–Crippen MR) is 64.9 cm³/mol. The Morgan fingerprint density at radius 2 is 2.30 bits per heavy atom. The third kappa shape index (κ3) is 2.97. The average molecular weight is 284 g/mol. The van der Waals surface area contributed by atoms with E-state index < -0.39 is 17.9 Å². The highest BCUT2D eigenvalue weighted by atomic mass is 16.5. The van der Waals surface area contributed by atoms with Gasteiger partial charge in [0.15, 0.2) is 17.5 Å². The molecule has 8 nitrogen and oxygen atoms in total. The number of carbonyl (C=O) groups excluding carboxylic acids is 2. The van der Waals surface area contributed by atoms with Gasteiger partial charge in [-0.2, -0.15) is 0 Å². The van der Waals surface area contributed by atoms with Crippen molar-refractivity contribution in [1.82, 2.24) is 10.1 Å². The first-order chi connectivity index (χ1) is 9.67. The van der Waals surface area contributed by atoms with Crippen molar-refractivity contribution < 1.29 is 28.3 Å². The second kappa shape index (κ2) is 6.49. The van der Waals surface area contributed by atoms with Gasteiger partial charge in [-0.25, -0.2) is 4.79 Å². The molecule has 0 aromatic carbocycles. The summed E-state index contributed by atoms with van der Waals surface area (Å²) >= 11 is 0. The quantitative estimate of drug-likeness (QED) is 0.709. The lowest BCUT2D eigenvalue weighted by molar-refractivity contribution is -0.151. The van der Waals surface area contributed by atoms with Gasteiger partial charge in [-0.3, -0.25) is 4.79 Å². The molecular weight excluding hydrogens is 268 g/mol. The Bertz CT molecular complexity index is 486. The summed E-state index contributed by atoms with van der Waals surface area (Å²) in [6.45, 7) is 0.998. The minimum absolute atomic E-state index is 0.112. The Morgan fingerprint density at radius 3 is 3.00 bits per heavy atom. The average Bonchev–Trinajstić information content (AvgIpc) is 2.94. The van der Waals surface area contributed by atoms with Crippen LogP contribution >= 0.6 is 0 Å². The first kappa shape index (κ1) is 14.5. The molecule has 8 heteroatoms. The Kier molecular flexibility index (Phi) is 4.70. The van der Waals surface area contributed by atoms with Gasteiger partial charge in [0.1, 0.15) is 6.61 Å². The molecule has 110 valence electrons. The van der Waals surface area contributed by atoms with Crippen LogP contribution in [-0.4, -0.2) is 62.0 Å². The molecule has 2 rings (SSSR count). The van der Waals surface area contributed by atoms with Crippen LogP contribution in [0.1, 0.15) is 16.2 Å². The van der Waals surface area contributed by atoms with E-state index in [-0.39, 0.29) is 18.9 Å². The van der Waals surface area contributed by atoms with E-state index >= 15 is 0 Å². The number of amides is 1. The van der Waals surface area contributed by atoms with Crippen molar-refractivity contribution in [3.05, 3.63) is 17.5 Å². The van der Waals surface area contributed by atoms with Gasteiger partial charge < -0.3 is 23.6 Å². The third-order valence-corrected chi connectivity index (χ3v) is 2.93. The van der Waals surface area contributed by atoms with Crippen molar-refractivity contribution in [2.75, 3.05) is 34.0 Å². The number of rotatable bonds is 4. The SMILES string of the molecule is COCc1cc(C(=O)N2CCOCC2C(=O)OC)no1. The van der Waals surface area contributed by atoms with E-state index in [4.69, 9.17) is 14.0 Å². The van der Waals surface area contributed by atoms with Gasteiger partial charge in [-0.1, -0.05) is 5.16 Å². The van der Waals surface area contributed by atoms with Crippen LogP contribution in [0.2, 0.25) is 0 Å². The normalized spacial score (nSPS) is 18.9. The minimum Gasteiger partial charge on any atom is -0.467 e. The summed E-state index contributed by atoms with van der Waals surface area (Å²) in [7, 11) is 2.78. The zero-order valence-electron chi connectivity index (χ0n) is 11.3. The maximum Gasteiger partial charge on any atom is 0.331 e. The topological polar surface area (TPSA) is 91.1 Å². The van der Waals surface area contributed by atoms with Gasteiger partial charge >= 0.3 is 5.97 Å². The summed E-state index contributed by atoms with van der Waals surface area (Å²) in [5.74, 6) is -0.466. The number of ether oxygens (including phenoxy) is 3. The molecule has 20 heavy (non-hydrogen) atoms. The largest absolute Gasteiger partial charge is 0.467 e. The van der Waals surface area contributed by atoms with Crippen molar-refractivity contribution in [3.8, 4) is 0 Å². The predicted octanol–water partition coefficient (Wildman–Crippen LogP) is -0.165. The number of hydrogen-bond acceptors (Lipinski definition) is 7. The van der Waals surface area contributed by atoms with E-state index in [1.54, 1.807) is 0 Å². The van der Waals surface area contributed by atoms with Crippen LogP contribution in [0.15, 0.2) is 10.6 Å². The van der Waals surface area contributed by atoms with E-state index in [9.17, 15) is 9.59 Å². The van der Waals surface area contributed by atoms with Gasteiger partial charge in [0, 0.05) is 19.7 Å². The Hall–Kier alpha value is -1.93. The first-order valence-electron chi connectivity index (χ1n) is 6.08. The summed E-state index contributed by atoms with van der Waals surface area (Å²) in [5.41, 5.74) is 0.132. The van der Waals surface area contributed by atoms with E-state index in [2.05, 4.69) is 9.89 Å². The molecule has 1 aromatic heterocycles. The van der Waals surface area contributed by atoms with Crippen molar-refractivity contribution in [2.24, 2.45) is 0 Å². The number of methoxy groups -OCH3 is 2. The van der Waals surface area contributed by atoms with Crippen molar-refractivity contribution >= 4 is 11.9 Å². The Labute approximate surface area is 115 Å². The fraction of sp³-hybridized carbons (Fsp3) is 0.583. The smallest absolute Gasteiger partial charge is 0.331 e. The number of nitrogens with zero attached hydrogens (tertiary/aromatic N) is 2. The van der Waals surface area contributed by atoms with Gasteiger partial charge in [-0.05, 0) is 0 Å². The fourth-order valence-corrected chi connectivity index (χ4v) is 1.95. The zero-order chi connectivity index (χ0) is 14.5. The molecule has 0 N–H and O–H groups in total. The van der Waals surface area contributed by atoms with Crippen molar-refractivity contribution in [3.63, 3.8) is 0 Å². The first-order valence-corrected chi connectivity index (χ1v) is 6.08. The molecule has 2 heterocycles. The third-order valence-electron chi connectivity index (χ3n) is 2.93. The van der Waals surface area contributed by atoms with Gasteiger partial charge in [0.25, 0.3) is 5.91 Å². The van der Waals surface area contributed by atoms with Gasteiger partial charge in [0.05, 0.1) is 20.3 Å². The molecule has 1 aliphatic rings. The molecule has 0 bridgehead atoms. The zero-order valence-corrected chi connectivity index (χ0v) is 11.3. The van der Waals surface area contributed by atoms with Crippen LogP contribution in [0.25, 0.3) is 0 Å². The number of aromatic nitrogens is 1. The lowest BCUT2D eigenvalue weighted by Crippen LogP contribution is -2.53. The lowest BCUT2D eigenvalue weighted by Gasteiger charge is -2.32. The number of morpholine rings is 1. The van der Waals surface area contributed by atoms with Crippen LogP contribution < -0.4 is 0 Å². The molecule has 1 aromatic rings. The van der Waals surface area contributed by atoms with Crippen LogP contribution in [0.4, 0.5) is 0 Å². The Morgan fingerprint density at radius 1 is 1.50 bits per heavy atom. The van der Waals surface area contributed by atoms with Crippen molar-refractivity contribution in [1.29, 1.82) is 0 Å². The molecule has 0 saturated carbocycles. The van der Waals surface area contributed by atoms with Crippen LogP contribution in [0.5, 0.6) is 0 Å². The number of carbonyl (C=O) groups is 2. The maximum atomic E-state index is 12.3. The van der Waals surface area contributed by atoms with Crippen LogP contribution in [-0.2, 0) is 25.6 Å². The highest BCUT2D eigenvalue weighted by Crippen LogP contribution is 2.14. The van der Waals surface area contributed by atoms with Crippen molar-refractivity contribution in [2.45, 2.75) is 12.6 Å². The molecule has 0 spiro atoms. The maximum absolute atomic E-state index is 12.3. The second-order valence-electron chi connectivity index (χ2n) is 4.22. The standard InChI is InChI=1S/C12H16N2O6/c1-17-6-8-5-9(13-20-8)11(15)14-3-4-19-7-10(14)12(16)18-2/h5,10H,3-4,6-7H2,1-2H3. The monoisotopic (exact) mass is 284 g/mol. The van der Waals surface area contributed by atoms with Crippen LogP contribution in [0, 0.1) is 0 Å². The molecular formula is C12H16N2O6. The van der Waals surface area contributed by atoms with E-state index in [1.165, 1.54) is 25.2 Å². The summed E-state index contributed by atoms with van der Waals surface area (Å²) in [6.07, 6.45) is 0. The van der Waals surface area contributed by atoms with Gasteiger partial charge in [0.2, 0.25) is 0 Å². The van der Waals surface area contributed by atoms with Gasteiger partial charge in [-0.15, -0.1) is 0 Å². The summed E-state index contributed by atoms with van der Waals surface area (Å²) in [6, 6.07) is 0.735. The molecule has 1 amide bonds. The highest BCUT2D eigenvalue weighted by Gasteiger charge is 2.35. The number of hydrogen-bond donors (Lipinski definition) is 0. The molecule has 0 aliphatic carbocycles. The minimum atomic E-state index is -0.760. The van der Waals surface area contributed by atoms with E-state index in [0.717, 1.165) is 0 Å². The highest BCUT2D eigenvalue weighted by molar-refractivity contribution is 5.95. The summed E-state index contributed by atoms with van der Waals surface area (Å²) in [4.78, 5) is 25.4. The molecule has 0 radical (unpaired) electrons.